The Morgan fingerprint density at radius 1 is 1.00 bits per heavy atom. The molecule has 0 atom stereocenters. The summed E-state index contributed by atoms with van der Waals surface area (Å²) >= 11 is 0. The van der Waals surface area contributed by atoms with E-state index in [1.807, 2.05) is 67.6 Å². The van der Waals surface area contributed by atoms with E-state index in [-0.39, 0.29) is 5.91 Å². The first-order chi connectivity index (χ1) is 14.2. The van der Waals surface area contributed by atoms with Crippen LogP contribution in [0.1, 0.15) is 21.7 Å². The zero-order valence-corrected chi connectivity index (χ0v) is 16.5. The Labute approximate surface area is 170 Å². The summed E-state index contributed by atoms with van der Waals surface area (Å²) in [5.74, 6) is 0.449. The molecule has 6 nitrogen and oxygen atoms in total. The molecule has 6 heteroatoms. The molecule has 0 aliphatic carbocycles. The van der Waals surface area contributed by atoms with E-state index >= 15 is 0 Å². The third-order valence-electron chi connectivity index (χ3n) is 4.85. The number of carbonyl (C=O) groups excluding carboxylic acids is 1. The number of hydrogen-bond acceptors (Lipinski definition) is 5. The number of para-hydroxylation sites is 1. The number of morpholine rings is 1. The summed E-state index contributed by atoms with van der Waals surface area (Å²) in [5, 5.41) is 0. The maximum absolute atomic E-state index is 13.5. The van der Waals surface area contributed by atoms with Gasteiger partial charge < -0.3 is 14.5 Å². The lowest BCUT2D eigenvalue weighted by atomic mass is 10.1. The van der Waals surface area contributed by atoms with E-state index in [1.54, 1.807) is 11.0 Å². The van der Waals surface area contributed by atoms with Crippen molar-refractivity contribution in [3.63, 3.8) is 0 Å². The Hall–Kier alpha value is -3.25. The molecule has 1 aliphatic heterocycles. The average Bonchev–Trinajstić information content (AvgIpc) is 2.78. The van der Waals surface area contributed by atoms with Crippen molar-refractivity contribution in [2.75, 3.05) is 36.1 Å². The van der Waals surface area contributed by atoms with Gasteiger partial charge >= 0.3 is 0 Å². The molecule has 4 rings (SSSR count). The zero-order valence-electron chi connectivity index (χ0n) is 16.5. The van der Waals surface area contributed by atoms with E-state index in [2.05, 4.69) is 14.9 Å². The summed E-state index contributed by atoms with van der Waals surface area (Å²) in [4.78, 5) is 26.5. The summed E-state index contributed by atoms with van der Waals surface area (Å²) in [6, 6.07) is 21.4. The van der Waals surface area contributed by atoms with Gasteiger partial charge in [-0.05, 0) is 30.7 Å². The third kappa shape index (κ3) is 4.60. The van der Waals surface area contributed by atoms with E-state index in [0.717, 1.165) is 30.0 Å². The van der Waals surface area contributed by atoms with Crippen LogP contribution in [-0.2, 0) is 11.3 Å². The Morgan fingerprint density at radius 2 is 1.66 bits per heavy atom. The first kappa shape index (κ1) is 19.1. The first-order valence-electron chi connectivity index (χ1n) is 9.80. The molecule has 1 aromatic heterocycles. The quantitative estimate of drug-likeness (QED) is 0.670. The van der Waals surface area contributed by atoms with E-state index in [1.165, 1.54) is 0 Å². The van der Waals surface area contributed by atoms with Crippen LogP contribution in [0.3, 0.4) is 0 Å². The molecule has 0 radical (unpaired) electrons. The fourth-order valence-corrected chi connectivity index (χ4v) is 3.36. The molecular formula is C23H24N4O2. The highest BCUT2D eigenvalue weighted by atomic mass is 16.5. The number of carbonyl (C=O) groups is 1. The van der Waals surface area contributed by atoms with Crippen molar-refractivity contribution >= 4 is 17.5 Å². The molecule has 1 amide bonds. The van der Waals surface area contributed by atoms with Gasteiger partial charge in [-0.2, -0.15) is 0 Å². The number of hydrogen-bond donors (Lipinski definition) is 0. The van der Waals surface area contributed by atoms with Crippen LogP contribution in [0.2, 0.25) is 0 Å². The maximum atomic E-state index is 13.5. The number of benzene rings is 2. The number of rotatable bonds is 5. The van der Waals surface area contributed by atoms with Crippen molar-refractivity contribution in [3.05, 3.63) is 83.7 Å². The lowest BCUT2D eigenvalue weighted by molar-refractivity contribution is 0.0980. The summed E-state index contributed by atoms with van der Waals surface area (Å²) in [6.07, 6.45) is 0. The highest BCUT2D eigenvalue weighted by Gasteiger charge is 2.22. The van der Waals surface area contributed by atoms with Crippen LogP contribution in [0.15, 0.2) is 66.7 Å². The van der Waals surface area contributed by atoms with Crippen molar-refractivity contribution in [2.24, 2.45) is 0 Å². The number of amides is 1. The van der Waals surface area contributed by atoms with Crippen LogP contribution in [0, 0.1) is 6.92 Å². The fourth-order valence-electron chi connectivity index (χ4n) is 3.36. The molecule has 29 heavy (non-hydrogen) atoms. The van der Waals surface area contributed by atoms with Gasteiger partial charge in [-0.1, -0.05) is 48.5 Å². The minimum atomic E-state index is -0.139. The van der Waals surface area contributed by atoms with Crippen molar-refractivity contribution in [1.82, 2.24) is 9.97 Å². The van der Waals surface area contributed by atoms with Gasteiger partial charge in [-0.25, -0.2) is 9.97 Å². The molecule has 3 aromatic rings. The molecule has 1 aliphatic rings. The van der Waals surface area contributed by atoms with Crippen LogP contribution in [0.4, 0.5) is 11.6 Å². The highest BCUT2D eigenvalue weighted by molar-refractivity contribution is 6.04. The molecule has 2 heterocycles. The Balaban J connectivity index is 1.67. The number of ether oxygens (including phenoxy) is 1. The van der Waals surface area contributed by atoms with Crippen molar-refractivity contribution in [3.8, 4) is 0 Å². The standard InChI is InChI=1S/C23H24N4O2/c1-18-16-21(25-23(24-18)26-12-14-29-15-13-26)22(28)27(20-10-6-3-7-11-20)17-19-8-4-2-5-9-19/h2-11,16H,12-15,17H2,1H3. The molecule has 0 spiro atoms. The Kier molecular flexibility index (Phi) is 5.81. The summed E-state index contributed by atoms with van der Waals surface area (Å²) in [7, 11) is 0. The molecule has 1 fully saturated rings. The van der Waals surface area contributed by atoms with Gasteiger partial charge in [-0.3, -0.25) is 4.79 Å². The van der Waals surface area contributed by atoms with Gasteiger partial charge in [0.1, 0.15) is 5.69 Å². The SMILES string of the molecule is Cc1cc(C(=O)N(Cc2ccccc2)c2ccccc2)nc(N2CCOCC2)n1. The Bertz CT molecular complexity index is 957. The molecular weight excluding hydrogens is 364 g/mol. The molecule has 0 unspecified atom stereocenters. The third-order valence-corrected chi connectivity index (χ3v) is 4.85. The second-order valence-electron chi connectivity index (χ2n) is 7.01. The second kappa shape index (κ2) is 8.84. The van der Waals surface area contributed by atoms with Crippen LogP contribution >= 0.6 is 0 Å². The monoisotopic (exact) mass is 388 g/mol. The first-order valence-corrected chi connectivity index (χ1v) is 9.80. The lowest BCUT2D eigenvalue weighted by Crippen LogP contribution is -2.38. The van der Waals surface area contributed by atoms with Crippen molar-refractivity contribution in [2.45, 2.75) is 13.5 Å². The van der Waals surface area contributed by atoms with Crippen molar-refractivity contribution in [1.29, 1.82) is 0 Å². The molecule has 0 saturated carbocycles. The molecule has 1 saturated heterocycles. The number of aromatic nitrogens is 2. The second-order valence-corrected chi connectivity index (χ2v) is 7.01. The van der Waals surface area contributed by atoms with Crippen molar-refractivity contribution < 1.29 is 9.53 Å². The zero-order chi connectivity index (χ0) is 20.1. The fraction of sp³-hybridized carbons (Fsp3) is 0.261. The van der Waals surface area contributed by atoms with E-state index in [4.69, 9.17) is 4.74 Å². The van der Waals surface area contributed by atoms with E-state index in [9.17, 15) is 4.79 Å². The van der Waals surface area contributed by atoms with Crippen LogP contribution in [-0.4, -0.2) is 42.2 Å². The largest absolute Gasteiger partial charge is 0.378 e. The molecule has 2 aromatic carbocycles. The smallest absolute Gasteiger partial charge is 0.277 e. The molecule has 148 valence electrons. The van der Waals surface area contributed by atoms with Gasteiger partial charge in [0.05, 0.1) is 19.8 Å². The molecule has 0 bridgehead atoms. The van der Waals surface area contributed by atoms with Crippen LogP contribution in [0.5, 0.6) is 0 Å². The normalized spacial score (nSPS) is 13.9. The average molecular weight is 388 g/mol. The van der Waals surface area contributed by atoms with Crippen LogP contribution < -0.4 is 9.80 Å². The molecule has 0 N–H and O–H groups in total. The lowest BCUT2D eigenvalue weighted by Gasteiger charge is -2.28. The van der Waals surface area contributed by atoms with Gasteiger partial charge in [0.15, 0.2) is 0 Å². The number of anilines is 2. The van der Waals surface area contributed by atoms with Crippen LogP contribution in [0.25, 0.3) is 0 Å². The minimum Gasteiger partial charge on any atom is -0.378 e. The van der Waals surface area contributed by atoms with Gasteiger partial charge in [0.2, 0.25) is 5.95 Å². The van der Waals surface area contributed by atoms with Gasteiger partial charge in [0.25, 0.3) is 5.91 Å². The maximum Gasteiger partial charge on any atom is 0.277 e. The van der Waals surface area contributed by atoms with Gasteiger partial charge in [-0.15, -0.1) is 0 Å². The summed E-state index contributed by atoms with van der Waals surface area (Å²) in [5.41, 5.74) is 3.07. The number of aryl methyl sites for hydroxylation is 1. The van der Waals surface area contributed by atoms with E-state index in [0.29, 0.717) is 31.4 Å². The topological polar surface area (TPSA) is 58.6 Å². The predicted molar refractivity (Wildman–Crippen MR) is 113 cm³/mol. The Morgan fingerprint density at radius 3 is 2.34 bits per heavy atom. The summed E-state index contributed by atoms with van der Waals surface area (Å²) < 4.78 is 5.42. The predicted octanol–water partition coefficient (Wildman–Crippen LogP) is 3.47. The van der Waals surface area contributed by atoms with Gasteiger partial charge in [0, 0.05) is 24.5 Å². The summed E-state index contributed by atoms with van der Waals surface area (Å²) in [6.45, 7) is 5.11. The number of nitrogens with zero attached hydrogens (tertiary/aromatic N) is 4. The van der Waals surface area contributed by atoms with E-state index < -0.39 is 0 Å². The minimum absolute atomic E-state index is 0.139. The highest BCUT2D eigenvalue weighted by Crippen LogP contribution is 2.21.